The summed E-state index contributed by atoms with van der Waals surface area (Å²) in [4.78, 5) is 0. The molecule has 3 aromatic rings. The third-order valence-corrected chi connectivity index (χ3v) is 4.19. The minimum atomic E-state index is -0.245. The molecule has 0 bridgehead atoms. The second-order valence-electron chi connectivity index (χ2n) is 5.75. The predicted octanol–water partition coefficient (Wildman–Crippen LogP) is 2.78. The average Bonchev–Trinajstić information content (AvgIpc) is 3.23. The summed E-state index contributed by atoms with van der Waals surface area (Å²) < 4.78 is 20.6. The first-order chi connectivity index (χ1) is 11.3. The Bertz CT molecular complexity index is 780. The van der Waals surface area contributed by atoms with Crippen LogP contribution < -0.4 is 5.32 Å². The van der Waals surface area contributed by atoms with Crippen LogP contribution in [0.5, 0.6) is 0 Å². The lowest BCUT2D eigenvalue weighted by Gasteiger charge is -2.25. The highest BCUT2D eigenvalue weighted by molar-refractivity contribution is 5.55. The molecule has 0 saturated carbocycles. The van der Waals surface area contributed by atoms with Crippen LogP contribution in [-0.2, 0) is 19.5 Å². The van der Waals surface area contributed by atoms with Crippen molar-refractivity contribution in [2.45, 2.75) is 32.0 Å². The molecule has 2 aromatic heterocycles. The molecule has 5 nitrogen and oxygen atoms in total. The molecule has 3 heterocycles. The number of fused-ring (bicyclic) bond motifs is 1. The number of nitrogens with zero attached hydrogens (tertiary/aromatic N) is 3. The molecule has 23 heavy (non-hydrogen) atoms. The maximum absolute atomic E-state index is 13.1. The summed E-state index contributed by atoms with van der Waals surface area (Å²) in [6, 6.07) is 10.6. The molecular weight excluding hydrogens is 295 g/mol. The van der Waals surface area contributed by atoms with Gasteiger partial charge < -0.3 is 14.3 Å². The highest BCUT2D eigenvalue weighted by Crippen LogP contribution is 2.23. The molecule has 1 aromatic carbocycles. The van der Waals surface area contributed by atoms with Crippen molar-refractivity contribution >= 4 is 0 Å². The topological polar surface area (TPSA) is 55.9 Å². The van der Waals surface area contributed by atoms with Crippen molar-refractivity contribution in [3.63, 3.8) is 0 Å². The summed E-state index contributed by atoms with van der Waals surface area (Å²) in [5.74, 6) is 2.47. The molecule has 0 radical (unpaired) electrons. The first kappa shape index (κ1) is 14.1. The van der Waals surface area contributed by atoms with Gasteiger partial charge in [-0.2, -0.15) is 0 Å². The Balaban J connectivity index is 1.51. The van der Waals surface area contributed by atoms with E-state index in [1.54, 1.807) is 18.4 Å². The van der Waals surface area contributed by atoms with Gasteiger partial charge in [-0.1, -0.05) is 0 Å². The predicted molar refractivity (Wildman–Crippen MR) is 83.1 cm³/mol. The summed E-state index contributed by atoms with van der Waals surface area (Å²) in [5, 5.41) is 12.1. The minimum absolute atomic E-state index is 0.245. The van der Waals surface area contributed by atoms with Gasteiger partial charge in [-0.25, -0.2) is 4.39 Å². The average molecular weight is 312 g/mol. The second-order valence-corrected chi connectivity index (χ2v) is 5.75. The molecule has 0 saturated heterocycles. The highest BCUT2D eigenvalue weighted by atomic mass is 19.1. The van der Waals surface area contributed by atoms with Crippen molar-refractivity contribution in [1.29, 1.82) is 0 Å². The standard InChI is InChI=1S/C17H17FN4O/c18-13-5-3-12(4-6-13)17-21-20-16-8-7-14(11-22(16)17)19-10-15-2-1-9-23-15/h1-6,9,14,19H,7-8,10-11H2. The molecule has 0 amide bonds. The number of aryl methyl sites for hydroxylation is 1. The molecule has 1 atom stereocenters. The van der Waals surface area contributed by atoms with Crippen LogP contribution in [0.4, 0.5) is 4.39 Å². The molecule has 0 spiro atoms. The number of hydrogen-bond acceptors (Lipinski definition) is 4. The first-order valence-corrected chi connectivity index (χ1v) is 7.73. The van der Waals surface area contributed by atoms with Gasteiger partial charge in [0.25, 0.3) is 0 Å². The van der Waals surface area contributed by atoms with Crippen LogP contribution >= 0.6 is 0 Å². The van der Waals surface area contributed by atoms with Crippen molar-refractivity contribution in [2.24, 2.45) is 0 Å². The zero-order valence-corrected chi connectivity index (χ0v) is 12.6. The lowest BCUT2D eigenvalue weighted by molar-refractivity contribution is 0.363. The Hall–Kier alpha value is -2.47. The molecule has 0 fully saturated rings. The van der Waals surface area contributed by atoms with Crippen molar-refractivity contribution in [2.75, 3.05) is 0 Å². The SMILES string of the molecule is Fc1ccc(-c2nnc3n2CC(NCc2ccco2)CC3)cc1. The third kappa shape index (κ3) is 2.90. The van der Waals surface area contributed by atoms with E-state index < -0.39 is 0 Å². The fraction of sp³-hybridized carbons (Fsp3) is 0.294. The van der Waals surface area contributed by atoms with Gasteiger partial charge in [0.2, 0.25) is 0 Å². The minimum Gasteiger partial charge on any atom is -0.468 e. The van der Waals surface area contributed by atoms with E-state index >= 15 is 0 Å². The Labute approximate surface area is 133 Å². The van der Waals surface area contributed by atoms with Crippen LogP contribution in [0.2, 0.25) is 0 Å². The van der Waals surface area contributed by atoms with Gasteiger partial charge in [0.1, 0.15) is 17.4 Å². The van der Waals surface area contributed by atoms with E-state index in [4.69, 9.17) is 4.42 Å². The Morgan fingerprint density at radius 2 is 2.09 bits per heavy atom. The molecular formula is C17H17FN4O. The smallest absolute Gasteiger partial charge is 0.164 e. The molecule has 118 valence electrons. The van der Waals surface area contributed by atoms with Gasteiger partial charge in [0.05, 0.1) is 12.8 Å². The Morgan fingerprint density at radius 1 is 1.22 bits per heavy atom. The lowest BCUT2D eigenvalue weighted by Crippen LogP contribution is -2.37. The lowest BCUT2D eigenvalue weighted by atomic mass is 10.1. The van der Waals surface area contributed by atoms with E-state index in [0.717, 1.165) is 42.4 Å². The fourth-order valence-corrected chi connectivity index (χ4v) is 2.96. The molecule has 1 N–H and O–H groups in total. The number of halogens is 1. The maximum Gasteiger partial charge on any atom is 0.164 e. The molecule has 1 unspecified atom stereocenters. The van der Waals surface area contributed by atoms with Crippen molar-refractivity contribution < 1.29 is 8.81 Å². The quantitative estimate of drug-likeness (QED) is 0.805. The number of aromatic nitrogens is 3. The molecule has 6 heteroatoms. The molecule has 1 aliphatic heterocycles. The first-order valence-electron chi connectivity index (χ1n) is 7.73. The van der Waals surface area contributed by atoms with Crippen LogP contribution in [-0.4, -0.2) is 20.8 Å². The summed E-state index contributed by atoms with van der Waals surface area (Å²) >= 11 is 0. The number of rotatable bonds is 4. The van der Waals surface area contributed by atoms with Gasteiger partial charge >= 0.3 is 0 Å². The van der Waals surface area contributed by atoms with Gasteiger partial charge in [-0.3, -0.25) is 0 Å². The second kappa shape index (κ2) is 5.96. The van der Waals surface area contributed by atoms with Crippen LogP contribution in [0, 0.1) is 5.82 Å². The van der Waals surface area contributed by atoms with Crippen LogP contribution in [0.15, 0.2) is 47.1 Å². The van der Waals surface area contributed by atoms with Gasteiger partial charge in [0, 0.05) is 24.6 Å². The van der Waals surface area contributed by atoms with Gasteiger partial charge in [-0.15, -0.1) is 10.2 Å². The summed E-state index contributed by atoms with van der Waals surface area (Å²) in [7, 11) is 0. The molecule has 4 rings (SSSR count). The molecule has 1 aliphatic rings. The van der Waals surface area contributed by atoms with Crippen LogP contribution in [0.3, 0.4) is 0 Å². The number of hydrogen-bond donors (Lipinski definition) is 1. The van der Waals surface area contributed by atoms with Crippen molar-refractivity contribution in [1.82, 2.24) is 20.1 Å². The van der Waals surface area contributed by atoms with Crippen LogP contribution in [0.25, 0.3) is 11.4 Å². The number of nitrogens with one attached hydrogen (secondary N) is 1. The molecule has 0 aliphatic carbocycles. The van der Waals surface area contributed by atoms with E-state index in [9.17, 15) is 4.39 Å². The number of furan rings is 1. The van der Waals surface area contributed by atoms with E-state index in [2.05, 4.69) is 20.1 Å². The zero-order chi connectivity index (χ0) is 15.6. The van der Waals surface area contributed by atoms with E-state index in [1.807, 2.05) is 12.1 Å². The summed E-state index contributed by atoms with van der Waals surface area (Å²) in [5.41, 5.74) is 0.886. The zero-order valence-electron chi connectivity index (χ0n) is 12.6. The third-order valence-electron chi connectivity index (χ3n) is 4.19. The van der Waals surface area contributed by atoms with E-state index in [-0.39, 0.29) is 5.82 Å². The van der Waals surface area contributed by atoms with Crippen molar-refractivity contribution in [3.8, 4) is 11.4 Å². The summed E-state index contributed by atoms with van der Waals surface area (Å²) in [6.45, 7) is 1.51. The fourth-order valence-electron chi connectivity index (χ4n) is 2.96. The number of benzene rings is 1. The van der Waals surface area contributed by atoms with Gasteiger partial charge in [0.15, 0.2) is 5.82 Å². The summed E-state index contributed by atoms with van der Waals surface area (Å²) in [6.07, 6.45) is 3.58. The Kier molecular flexibility index (Phi) is 3.67. The monoisotopic (exact) mass is 312 g/mol. The Morgan fingerprint density at radius 3 is 2.87 bits per heavy atom. The normalized spacial score (nSPS) is 17.2. The van der Waals surface area contributed by atoms with Crippen LogP contribution in [0.1, 0.15) is 18.0 Å². The largest absolute Gasteiger partial charge is 0.468 e. The van der Waals surface area contributed by atoms with Gasteiger partial charge in [-0.05, 0) is 42.8 Å². The highest BCUT2D eigenvalue weighted by Gasteiger charge is 2.23. The maximum atomic E-state index is 13.1. The van der Waals surface area contributed by atoms with E-state index in [0.29, 0.717) is 12.6 Å². The van der Waals surface area contributed by atoms with E-state index in [1.165, 1.54) is 12.1 Å². The van der Waals surface area contributed by atoms with Crippen molar-refractivity contribution in [3.05, 3.63) is 60.1 Å².